The maximum Gasteiger partial charge on any atom is 0.232 e. The van der Waals surface area contributed by atoms with Gasteiger partial charge in [0.05, 0.1) is 0 Å². The summed E-state index contributed by atoms with van der Waals surface area (Å²) in [5, 5.41) is 6.94. The zero-order valence-electron chi connectivity index (χ0n) is 14.6. The zero-order valence-corrected chi connectivity index (χ0v) is 15.4. The molecule has 1 aromatic heterocycles. The van der Waals surface area contributed by atoms with Crippen LogP contribution in [0.2, 0.25) is 0 Å². The lowest BCUT2D eigenvalue weighted by Crippen LogP contribution is -2.33. The van der Waals surface area contributed by atoms with E-state index in [-0.39, 0.29) is 0 Å². The Morgan fingerprint density at radius 3 is 2.08 bits per heavy atom. The molecule has 3 rings (SSSR count). The lowest BCUT2D eigenvalue weighted by molar-refractivity contribution is 0.573. The van der Waals surface area contributed by atoms with Gasteiger partial charge in [-0.2, -0.15) is 9.97 Å². The molecule has 0 amide bonds. The Balaban J connectivity index is 1.80. The molecule has 0 saturated carbocycles. The maximum absolute atomic E-state index is 5.35. The van der Waals surface area contributed by atoms with Crippen LogP contribution in [0.4, 0.5) is 17.6 Å². The Morgan fingerprint density at radius 2 is 1.54 bits per heavy atom. The third kappa shape index (κ3) is 4.47. The molecule has 2 N–H and O–H groups in total. The first kappa shape index (κ1) is 17.2. The lowest BCUT2D eigenvalue weighted by Gasteiger charge is -2.29. The van der Waals surface area contributed by atoms with E-state index < -0.39 is 0 Å². The smallest absolute Gasteiger partial charge is 0.232 e. The minimum atomic E-state index is 0.597. The molecule has 132 valence electrons. The third-order valence-corrected chi connectivity index (χ3v) is 4.82. The summed E-state index contributed by atoms with van der Waals surface area (Å²) in [5.41, 5.74) is 0. The molecule has 24 heavy (non-hydrogen) atoms. The van der Waals surface area contributed by atoms with Gasteiger partial charge in [-0.15, -0.1) is 0 Å². The van der Waals surface area contributed by atoms with E-state index in [2.05, 4.69) is 33.4 Å². The van der Waals surface area contributed by atoms with Gasteiger partial charge in [0.15, 0.2) is 5.11 Å². The molecule has 0 atom stereocenters. The summed E-state index contributed by atoms with van der Waals surface area (Å²) in [4.78, 5) is 14.2. The molecule has 3 heterocycles. The van der Waals surface area contributed by atoms with Crippen LogP contribution < -0.4 is 20.4 Å². The molecular weight excluding hydrogens is 320 g/mol. The lowest BCUT2D eigenvalue weighted by atomic mass is 10.1. The maximum atomic E-state index is 5.35. The molecule has 0 aromatic carbocycles. The summed E-state index contributed by atoms with van der Waals surface area (Å²) in [6.45, 7) is 7.29. The summed E-state index contributed by atoms with van der Waals surface area (Å²) < 4.78 is 0. The molecule has 2 aliphatic heterocycles. The second-order valence-electron chi connectivity index (χ2n) is 6.53. The average molecular weight is 349 g/mol. The van der Waals surface area contributed by atoms with Gasteiger partial charge in [-0.05, 0) is 50.7 Å². The molecule has 0 aliphatic carbocycles. The van der Waals surface area contributed by atoms with E-state index in [1.54, 1.807) is 0 Å². The summed E-state index contributed by atoms with van der Waals surface area (Å²) in [6.07, 6.45) is 7.31. The van der Waals surface area contributed by atoms with Gasteiger partial charge in [0.2, 0.25) is 5.95 Å². The van der Waals surface area contributed by atoms with Crippen molar-refractivity contribution in [3.05, 3.63) is 6.07 Å². The standard InChI is InChI=1S/C17H28N6S/c1-2-8-18-17(24)21-16-19-14(22-9-4-3-5-10-22)13-15(20-16)23-11-6-7-12-23/h13H,2-12H2,1H3,(H2,18,19,20,21,24). The average Bonchev–Trinajstić information content (AvgIpc) is 3.15. The highest BCUT2D eigenvalue weighted by Crippen LogP contribution is 2.26. The van der Waals surface area contributed by atoms with Crippen molar-refractivity contribution in [2.45, 2.75) is 45.4 Å². The molecule has 0 unspecified atom stereocenters. The van der Waals surface area contributed by atoms with Crippen molar-refractivity contribution in [2.24, 2.45) is 0 Å². The van der Waals surface area contributed by atoms with Crippen LogP contribution in [0.3, 0.4) is 0 Å². The van der Waals surface area contributed by atoms with Gasteiger partial charge in [-0.1, -0.05) is 6.92 Å². The first-order valence-corrected chi connectivity index (χ1v) is 9.61. The minimum Gasteiger partial charge on any atom is -0.362 e. The fraction of sp³-hybridized carbons (Fsp3) is 0.706. The fourth-order valence-corrected chi connectivity index (χ4v) is 3.45. The predicted octanol–water partition coefficient (Wildman–Crippen LogP) is 2.76. The highest BCUT2D eigenvalue weighted by molar-refractivity contribution is 7.80. The molecule has 7 heteroatoms. The van der Waals surface area contributed by atoms with E-state index in [1.165, 1.54) is 32.1 Å². The van der Waals surface area contributed by atoms with Crippen LogP contribution in [0.5, 0.6) is 0 Å². The number of nitrogens with zero attached hydrogens (tertiary/aromatic N) is 4. The quantitative estimate of drug-likeness (QED) is 0.794. The van der Waals surface area contributed by atoms with Crippen molar-refractivity contribution < 1.29 is 0 Å². The zero-order chi connectivity index (χ0) is 16.8. The van der Waals surface area contributed by atoms with Crippen molar-refractivity contribution in [1.82, 2.24) is 15.3 Å². The van der Waals surface area contributed by atoms with Crippen LogP contribution in [0.15, 0.2) is 6.07 Å². The molecule has 1 aromatic rings. The number of nitrogens with one attached hydrogen (secondary N) is 2. The molecule has 0 radical (unpaired) electrons. The Hall–Kier alpha value is -1.63. The number of thiocarbonyl (C=S) groups is 1. The second-order valence-corrected chi connectivity index (χ2v) is 6.94. The van der Waals surface area contributed by atoms with Gasteiger partial charge >= 0.3 is 0 Å². The van der Waals surface area contributed by atoms with Crippen molar-refractivity contribution >= 4 is 34.9 Å². The normalized spacial score (nSPS) is 17.9. The molecule has 0 spiro atoms. The SMILES string of the molecule is CCCNC(=S)Nc1nc(N2CCCCC2)cc(N2CCCC2)n1. The monoisotopic (exact) mass is 348 g/mol. The van der Waals surface area contributed by atoms with Crippen molar-refractivity contribution in [3.63, 3.8) is 0 Å². The number of aromatic nitrogens is 2. The van der Waals surface area contributed by atoms with E-state index in [4.69, 9.17) is 22.2 Å². The van der Waals surface area contributed by atoms with Gasteiger partial charge in [0.1, 0.15) is 11.6 Å². The predicted molar refractivity (Wildman–Crippen MR) is 104 cm³/mol. The van der Waals surface area contributed by atoms with Crippen LogP contribution in [-0.4, -0.2) is 47.8 Å². The van der Waals surface area contributed by atoms with Crippen molar-refractivity contribution in [2.75, 3.05) is 47.8 Å². The molecule has 2 aliphatic rings. The first-order chi connectivity index (χ1) is 11.8. The van der Waals surface area contributed by atoms with E-state index in [0.717, 1.165) is 50.8 Å². The Bertz CT molecular complexity index is 552. The van der Waals surface area contributed by atoms with Crippen LogP contribution in [-0.2, 0) is 0 Å². The van der Waals surface area contributed by atoms with Crippen molar-refractivity contribution in [3.8, 4) is 0 Å². The van der Waals surface area contributed by atoms with Gasteiger partial charge in [-0.3, -0.25) is 0 Å². The largest absolute Gasteiger partial charge is 0.362 e. The Morgan fingerprint density at radius 1 is 1.00 bits per heavy atom. The highest BCUT2D eigenvalue weighted by atomic mass is 32.1. The summed E-state index contributed by atoms with van der Waals surface area (Å²) in [5.74, 6) is 2.64. The third-order valence-electron chi connectivity index (χ3n) is 4.57. The van der Waals surface area contributed by atoms with Crippen LogP contribution >= 0.6 is 12.2 Å². The first-order valence-electron chi connectivity index (χ1n) is 9.20. The summed E-state index contributed by atoms with van der Waals surface area (Å²) >= 11 is 5.35. The van der Waals surface area contributed by atoms with Gasteiger partial charge in [0.25, 0.3) is 0 Å². The van der Waals surface area contributed by atoms with Crippen LogP contribution in [0.25, 0.3) is 0 Å². The number of rotatable bonds is 5. The number of hydrogen-bond donors (Lipinski definition) is 2. The van der Waals surface area contributed by atoms with E-state index in [1.807, 2.05) is 0 Å². The van der Waals surface area contributed by atoms with Gasteiger partial charge < -0.3 is 20.4 Å². The van der Waals surface area contributed by atoms with Crippen LogP contribution in [0, 0.1) is 0 Å². The van der Waals surface area contributed by atoms with Gasteiger partial charge in [0, 0.05) is 38.8 Å². The highest BCUT2D eigenvalue weighted by Gasteiger charge is 2.19. The summed E-state index contributed by atoms with van der Waals surface area (Å²) in [7, 11) is 0. The van der Waals surface area contributed by atoms with Crippen LogP contribution in [0.1, 0.15) is 45.4 Å². The van der Waals surface area contributed by atoms with E-state index in [0.29, 0.717) is 11.1 Å². The molecule has 2 fully saturated rings. The molecule has 6 nitrogen and oxygen atoms in total. The fourth-order valence-electron chi connectivity index (χ4n) is 3.26. The minimum absolute atomic E-state index is 0.597. The molecule has 2 saturated heterocycles. The number of anilines is 3. The van der Waals surface area contributed by atoms with Gasteiger partial charge in [-0.25, -0.2) is 0 Å². The topological polar surface area (TPSA) is 56.3 Å². The number of piperidine rings is 1. The number of hydrogen-bond acceptors (Lipinski definition) is 5. The molecular formula is C17H28N6S. The Labute approximate surface area is 150 Å². The Kier molecular flexibility index (Phi) is 6.07. The van der Waals surface area contributed by atoms with Crippen molar-refractivity contribution in [1.29, 1.82) is 0 Å². The second kappa shape index (κ2) is 8.46. The summed E-state index contributed by atoms with van der Waals surface area (Å²) in [6, 6.07) is 2.14. The molecule has 0 bridgehead atoms. The van der Waals surface area contributed by atoms with E-state index >= 15 is 0 Å². The van der Waals surface area contributed by atoms with E-state index in [9.17, 15) is 0 Å².